The van der Waals surface area contributed by atoms with Crippen LogP contribution in [0.1, 0.15) is 59.7 Å². The van der Waals surface area contributed by atoms with Gasteiger partial charge >= 0.3 is 5.97 Å². The first-order valence-corrected chi connectivity index (χ1v) is 7.69. The minimum absolute atomic E-state index is 0.0259. The fourth-order valence-corrected chi connectivity index (χ4v) is 2.16. The fraction of sp³-hybridized carbons (Fsp3) is 0.316. The van der Waals surface area contributed by atoms with Crippen LogP contribution in [-0.4, -0.2) is 18.4 Å². The van der Waals surface area contributed by atoms with Gasteiger partial charge < -0.3 is 9.15 Å². The van der Waals surface area contributed by atoms with E-state index in [1.807, 2.05) is 12.1 Å². The summed E-state index contributed by atoms with van der Waals surface area (Å²) in [5.41, 5.74) is 0.755. The molecule has 0 unspecified atom stereocenters. The molecule has 0 bridgehead atoms. The van der Waals surface area contributed by atoms with E-state index in [-0.39, 0.29) is 23.3 Å². The Hall–Kier alpha value is -2.69. The van der Waals surface area contributed by atoms with Crippen molar-refractivity contribution >= 4 is 11.8 Å². The summed E-state index contributed by atoms with van der Waals surface area (Å²) in [6, 6.07) is 8.07. The van der Waals surface area contributed by atoms with E-state index >= 15 is 0 Å². The summed E-state index contributed by atoms with van der Waals surface area (Å²) >= 11 is 0. The SMILES string of the molecule is CCOC(=O)c1cc(=O)c(C(=O)c2ccc(C(C)(C)C)cc2)co1. The van der Waals surface area contributed by atoms with Crippen LogP contribution in [0.2, 0.25) is 0 Å². The molecule has 0 amide bonds. The number of carbonyl (C=O) groups excluding carboxylic acids is 2. The van der Waals surface area contributed by atoms with Gasteiger partial charge in [-0.25, -0.2) is 4.79 Å². The summed E-state index contributed by atoms with van der Waals surface area (Å²) in [5.74, 6) is -1.40. The summed E-state index contributed by atoms with van der Waals surface area (Å²) in [4.78, 5) is 36.1. The van der Waals surface area contributed by atoms with Gasteiger partial charge in [0.2, 0.25) is 5.76 Å². The molecule has 5 nitrogen and oxygen atoms in total. The largest absolute Gasteiger partial charge is 0.460 e. The lowest BCUT2D eigenvalue weighted by molar-refractivity contribution is 0.0486. The average molecular weight is 328 g/mol. The van der Waals surface area contributed by atoms with Crippen LogP contribution in [0.5, 0.6) is 0 Å². The van der Waals surface area contributed by atoms with Crippen LogP contribution in [0.15, 0.2) is 45.8 Å². The monoisotopic (exact) mass is 328 g/mol. The third kappa shape index (κ3) is 3.79. The molecule has 1 heterocycles. The van der Waals surface area contributed by atoms with E-state index in [1.54, 1.807) is 19.1 Å². The number of ether oxygens (including phenoxy) is 1. The van der Waals surface area contributed by atoms with Crippen molar-refractivity contribution in [1.82, 2.24) is 0 Å². The number of rotatable bonds is 4. The maximum atomic E-state index is 12.5. The number of carbonyl (C=O) groups is 2. The van der Waals surface area contributed by atoms with Gasteiger partial charge in [0.05, 0.1) is 6.61 Å². The van der Waals surface area contributed by atoms with Gasteiger partial charge in [-0.15, -0.1) is 0 Å². The van der Waals surface area contributed by atoms with Crippen molar-refractivity contribution in [1.29, 1.82) is 0 Å². The maximum Gasteiger partial charge on any atom is 0.374 e. The van der Waals surface area contributed by atoms with Crippen molar-refractivity contribution in [3.05, 3.63) is 69.3 Å². The van der Waals surface area contributed by atoms with Crippen LogP contribution in [-0.2, 0) is 10.2 Å². The van der Waals surface area contributed by atoms with Gasteiger partial charge in [-0.1, -0.05) is 45.0 Å². The number of hydrogen-bond donors (Lipinski definition) is 0. The molecule has 1 aromatic heterocycles. The van der Waals surface area contributed by atoms with Crippen LogP contribution in [0.3, 0.4) is 0 Å². The molecule has 0 fully saturated rings. The summed E-state index contributed by atoms with van der Waals surface area (Å²) in [6.45, 7) is 8.05. The third-order valence-corrected chi connectivity index (χ3v) is 3.57. The lowest BCUT2D eigenvalue weighted by Gasteiger charge is -2.18. The van der Waals surface area contributed by atoms with E-state index in [2.05, 4.69) is 20.8 Å². The molecule has 0 saturated carbocycles. The highest BCUT2D eigenvalue weighted by molar-refractivity contribution is 6.08. The Kier molecular flexibility index (Phi) is 5.02. The second-order valence-electron chi connectivity index (χ2n) is 6.40. The number of benzene rings is 1. The van der Waals surface area contributed by atoms with Gasteiger partial charge in [-0.3, -0.25) is 9.59 Å². The van der Waals surface area contributed by atoms with E-state index < -0.39 is 17.2 Å². The fourth-order valence-electron chi connectivity index (χ4n) is 2.16. The molecule has 0 N–H and O–H groups in total. The van der Waals surface area contributed by atoms with Crippen LogP contribution in [0.25, 0.3) is 0 Å². The molecule has 2 aromatic rings. The van der Waals surface area contributed by atoms with E-state index in [4.69, 9.17) is 9.15 Å². The quantitative estimate of drug-likeness (QED) is 0.635. The zero-order chi connectivity index (χ0) is 17.9. The smallest absolute Gasteiger partial charge is 0.374 e. The molecule has 0 spiro atoms. The van der Waals surface area contributed by atoms with Gasteiger partial charge in [0.25, 0.3) is 0 Å². The molecule has 0 aliphatic carbocycles. The van der Waals surface area contributed by atoms with Gasteiger partial charge in [0.1, 0.15) is 11.8 Å². The molecule has 126 valence electrons. The Labute approximate surface area is 140 Å². The van der Waals surface area contributed by atoms with E-state index in [0.717, 1.165) is 17.9 Å². The number of hydrogen-bond acceptors (Lipinski definition) is 5. The van der Waals surface area contributed by atoms with Crippen LogP contribution in [0, 0.1) is 0 Å². The molecule has 0 saturated heterocycles. The average Bonchev–Trinajstić information content (AvgIpc) is 2.53. The molecular formula is C19H20O5. The van der Waals surface area contributed by atoms with Crippen molar-refractivity contribution < 1.29 is 18.7 Å². The Bertz CT molecular complexity index is 807. The van der Waals surface area contributed by atoms with E-state index in [1.165, 1.54) is 0 Å². The first-order valence-electron chi connectivity index (χ1n) is 7.69. The van der Waals surface area contributed by atoms with Gasteiger partial charge in [-0.05, 0) is 17.9 Å². The van der Waals surface area contributed by atoms with Crippen molar-refractivity contribution in [3.8, 4) is 0 Å². The highest BCUT2D eigenvalue weighted by Crippen LogP contribution is 2.22. The van der Waals surface area contributed by atoms with Crippen LogP contribution < -0.4 is 5.43 Å². The molecule has 0 aliphatic rings. The van der Waals surface area contributed by atoms with Crippen molar-refractivity contribution in [2.24, 2.45) is 0 Å². The minimum atomic E-state index is -0.733. The summed E-state index contributed by atoms with van der Waals surface area (Å²) in [5, 5.41) is 0. The summed E-state index contributed by atoms with van der Waals surface area (Å²) < 4.78 is 9.84. The first kappa shape index (κ1) is 17.7. The molecule has 1 aromatic carbocycles. The van der Waals surface area contributed by atoms with Crippen LogP contribution >= 0.6 is 0 Å². The number of esters is 1. The Morgan fingerprint density at radius 3 is 2.25 bits per heavy atom. The molecule has 0 atom stereocenters. The Morgan fingerprint density at radius 1 is 1.12 bits per heavy atom. The summed E-state index contributed by atoms with van der Waals surface area (Å²) in [7, 11) is 0. The standard InChI is InChI=1S/C19H20O5/c1-5-23-18(22)16-10-15(20)14(11-24-16)17(21)12-6-8-13(9-7-12)19(2,3)4/h6-11H,5H2,1-4H3. The molecule has 24 heavy (non-hydrogen) atoms. The Morgan fingerprint density at radius 2 is 1.75 bits per heavy atom. The normalized spacial score (nSPS) is 11.2. The minimum Gasteiger partial charge on any atom is -0.460 e. The predicted octanol–water partition coefficient (Wildman–Crippen LogP) is 3.35. The van der Waals surface area contributed by atoms with Gasteiger partial charge in [0, 0.05) is 11.6 Å². The maximum absolute atomic E-state index is 12.5. The lowest BCUT2D eigenvalue weighted by atomic mass is 9.86. The van der Waals surface area contributed by atoms with Crippen molar-refractivity contribution in [3.63, 3.8) is 0 Å². The summed E-state index contributed by atoms with van der Waals surface area (Å²) in [6.07, 6.45) is 1.01. The first-order chi connectivity index (χ1) is 11.2. The third-order valence-electron chi connectivity index (χ3n) is 3.57. The molecule has 0 radical (unpaired) electrons. The van der Waals surface area contributed by atoms with Crippen molar-refractivity contribution in [2.75, 3.05) is 6.61 Å². The molecule has 0 aliphatic heterocycles. The van der Waals surface area contributed by atoms with E-state index in [0.29, 0.717) is 5.56 Å². The second kappa shape index (κ2) is 6.83. The van der Waals surface area contributed by atoms with Gasteiger partial charge in [-0.2, -0.15) is 0 Å². The zero-order valence-corrected chi connectivity index (χ0v) is 14.2. The topological polar surface area (TPSA) is 73.6 Å². The highest BCUT2D eigenvalue weighted by Gasteiger charge is 2.19. The molecule has 5 heteroatoms. The number of ketones is 1. The Balaban J connectivity index is 2.30. The predicted molar refractivity (Wildman–Crippen MR) is 89.5 cm³/mol. The van der Waals surface area contributed by atoms with Crippen molar-refractivity contribution in [2.45, 2.75) is 33.1 Å². The molecule has 2 rings (SSSR count). The highest BCUT2D eigenvalue weighted by atomic mass is 16.5. The van der Waals surface area contributed by atoms with E-state index in [9.17, 15) is 14.4 Å². The van der Waals surface area contributed by atoms with Gasteiger partial charge in [0.15, 0.2) is 11.2 Å². The lowest BCUT2D eigenvalue weighted by Crippen LogP contribution is -2.18. The zero-order valence-electron chi connectivity index (χ0n) is 14.2. The van der Waals surface area contributed by atoms with Crippen LogP contribution in [0.4, 0.5) is 0 Å². The molecular weight excluding hydrogens is 308 g/mol. The second-order valence-corrected chi connectivity index (χ2v) is 6.40.